The van der Waals surface area contributed by atoms with Gasteiger partial charge in [-0.05, 0) is 142 Å². The van der Waals surface area contributed by atoms with Crippen LogP contribution in [0.2, 0.25) is 0 Å². The van der Waals surface area contributed by atoms with E-state index in [9.17, 15) is 32.3 Å². The first-order valence-corrected chi connectivity index (χ1v) is 32.7. The Balaban J connectivity index is 0.000000152. The van der Waals surface area contributed by atoms with Crippen LogP contribution in [-0.4, -0.2) is 216 Å². The van der Waals surface area contributed by atoms with Crippen LogP contribution in [0, 0.1) is 41.5 Å². The van der Waals surface area contributed by atoms with E-state index in [1.54, 1.807) is 33.4 Å². The maximum Gasteiger partial charge on any atom is 0.411 e. The van der Waals surface area contributed by atoms with Crippen LogP contribution in [0.25, 0.3) is 39.0 Å². The molecule has 0 aliphatic carbocycles. The fraction of sp³-hybridized carbons (Fsp3) is 0.406. The third kappa shape index (κ3) is 18.7. The van der Waals surface area contributed by atoms with Gasteiger partial charge in [-0.2, -0.15) is 28.5 Å². The number of nitrogens with zero attached hydrogens (tertiary/aromatic N) is 16. The molecule has 9 N–H and O–H groups in total. The summed E-state index contributed by atoms with van der Waals surface area (Å²) in [7, 11) is 6.38. The number of nitrogen functional groups attached to an aromatic ring is 1. The number of carbonyl (C=O) groups excluding carboxylic acids is 3. The number of nitrogens with two attached hydrogens (primary N) is 2. The third-order valence-electron chi connectivity index (χ3n) is 17.1. The van der Waals surface area contributed by atoms with E-state index in [4.69, 9.17) is 21.7 Å². The number of halogens is 3. The lowest BCUT2D eigenvalue weighted by Crippen LogP contribution is -2.44. The van der Waals surface area contributed by atoms with Crippen LogP contribution in [0.15, 0.2) is 96.2 Å². The number of rotatable bonds is 9. The molecule has 0 spiro atoms. The van der Waals surface area contributed by atoms with Crippen molar-refractivity contribution in [2.45, 2.75) is 73.6 Å². The number of alkyl halides is 3. The Morgan fingerprint density at radius 2 is 1.09 bits per heavy atom. The van der Waals surface area contributed by atoms with Gasteiger partial charge in [-0.3, -0.25) is 34.1 Å². The van der Waals surface area contributed by atoms with Gasteiger partial charge >= 0.3 is 6.18 Å². The smallest absolute Gasteiger partial charge is 0.398 e. The Kier molecular flexibility index (Phi) is 24.0. The van der Waals surface area contributed by atoms with Gasteiger partial charge in [-0.25, -0.2) is 18.5 Å². The van der Waals surface area contributed by atoms with E-state index < -0.39 is 18.7 Å². The number of hydrogen-bond acceptors (Lipinski definition) is 21. The van der Waals surface area contributed by atoms with Crippen LogP contribution in [0.4, 0.5) is 41.6 Å². The molecule has 1 atom stereocenters. The molecule has 3 saturated heterocycles. The zero-order chi connectivity index (χ0) is 71.4. The summed E-state index contributed by atoms with van der Waals surface area (Å²) in [5.74, 6) is -0.0862. The molecule has 526 valence electrons. The van der Waals surface area contributed by atoms with E-state index >= 15 is 0 Å². The number of amides is 2. The molecule has 14 rings (SSSR count). The number of anilines is 5. The number of hydrogen-bond donors (Lipinski definition) is 7. The molecule has 4 aliphatic heterocycles. The summed E-state index contributed by atoms with van der Waals surface area (Å²) in [6.07, 6.45) is 3.57. The third-order valence-corrected chi connectivity index (χ3v) is 17.1. The van der Waals surface area contributed by atoms with Crippen molar-refractivity contribution in [2.75, 3.05) is 139 Å². The summed E-state index contributed by atoms with van der Waals surface area (Å²) in [5.41, 5.74) is 27.0. The zero-order valence-electron chi connectivity index (χ0n) is 57.6. The average molecular weight is 1360 g/mol. The van der Waals surface area contributed by atoms with Gasteiger partial charge in [0, 0.05) is 114 Å². The number of aliphatic hydroxyl groups excluding tert-OH is 2. The van der Waals surface area contributed by atoms with E-state index in [0.717, 1.165) is 177 Å². The minimum absolute atomic E-state index is 0.0807. The fourth-order valence-corrected chi connectivity index (χ4v) is 11.6. The minimum atomic E-state index is -4.40. The molecular weight excluding hydrogens is 1280 g/mol. The molecule has 99 heavy (non-hydrogen) atoms. The normalized spacial score (nSPS) is 15.8. The van der Waals surface area contributed by atoms with Gasteiger partial charge in [-0.1, -0.05) is 13.3 Å². The second-order valence-corrected chi connectivity index (χ2v) is 24.9. The number of aromatic nitrogens is 11. The second-order valence-electron chi connectivity index (χ2n) is 24.9. The Hall–Kier alpha value is -10.1. The predicted molar refractivity (Wildman–Crippen MR) is 378 cm³/mol. The van der Waals surface area contributed by atoms with E-state index in [2.05, 4.69) is 114 Å². The predicted octanol–water partition coefficient (Wildman–Crippen LogP) is 6.55. The molecule has 0 bridgehead atoms. The van der Waals surface area contributed by atoms with Crippen LogP contribution in [0.3, 0.4) is 0 Å². The van der Waals surface area contributed by atoms with Crippen molar-refractivity contribution < 1.29 is 37.8 Å². The average Bonchev–Trinajstić information content (AvgIpc) is 1.72. The molecule has 2 amide bonds. The number of piperazine rings is 3. The molecule has 11 heterocycles. The van der Waals surface area contributed by atoms with Gasteiger partial charge in [0.25, 0.3) is 17.4 Å². The summed E-state index contributed by atoms with van der Waals surface area (Å²) in [6.45, 7) is 24.2. The first-order chi connectivity index (χ1) is 47.2. The standard InChI is InChI=1S/C21H25N7O.C21H23N7O.C12H18N4O.C9H9N3O.C4H10O.C2H3F3O/c2*1-13-12-28-19(14(2)22-13)11-18(25-28)20-23-17-5-4-15(10-16(17)21(29)24-20)27-8-6-26(3)7-9-27;1-15-4-6-16(7-5-15)9-2-3-11(13)10(8-9)12(14)17;1-6-4-12-9(7(2)10-6)3-8(5-13)11-12;1-2-3-4-5;3-2(4,5)1-6/h4-5,10-12,20,23H,6-9H2,1-3H3,(H,24,29);4-5,10-12H,6-9H2,1-3H3,(H,23,24,29);2-3,8H,4-7,13H2,1H3,(H2,14,17);3-5H,1-2H3;5H,2-4H2,1H3;6H,1H2. The summed E-state index contributed by atoms with van der Waals surface area (Å²) in [6, 6.07) is 23.1. The number of aryl methyl sites for hydroxylation is 6. The van der Waals surface area contributed by atoms with E-state index in [1.165, 1.54) is 0 Å². The summed E-state index contributed by atoms with van der Waals surface area (Å²) in [5, 5.41) is 35.7. The number of H-pyrrole nitrogens is 1. The Bertz CT molecular complexity index is 4530. The van der Waals surface area contributed by atoms with Crippen LogP contribution in [0.5, 0.6) is 0 Å². The van der Waals surface area contributed by atoms with Gasteiger partial charge in [-0.15, -0.1) is 0 Å². The van der Waals surface area contributed by atoms with Gasteiger partial charge in [0.05, 0.1) is 91.3 Å². The second kappa shape index (κ2) is 32.5. The highest BCUT2D eigenvalue weighted by Gasteiger charge is 2.29. The number of carbonyl (C=O) groups is 3. The lowest BCUT2D eigenvalue weighted by atomic mass is 10.1. The monoisotopic (exact) mass is 1360 g/mol. The summed E-state index contributed by atoms with van der Waals surface area (Å²) < 4.78 is 36.9. The molecular formula is C69H88F3N21O6. The molecule has 3 fully saturated rings. The lowest BCUT2D eigenvalue weighted by molar-refractivity contribution is -0.159. The van der Waals surface area contributed by atoms with Gasteiger partial charge in [0.1, 0.15) is 29.9 Å². The number of aromatic amines is 1. The quantitative estimate of drug-likeness (QED) is 0.0595. The molecule has 27 nitrogen and oxygen atoms in total. The van der Waals surface area contributed by atoms with Crippen LogP contribution >= 0.6 is 0 Å². The zero-order valence-corrected chi connectivity index (χ0v) is 57.6. The minimum Gasteiger partial charge on any atom is -0.398 e. The molecule has 0 saturated carbocycles. The number of nitrogens with one attached hydrogen (secondary N) is 3. The van der Waals surface area contributed by atoms with Gasteiger partial charge < -0.3 is 66.7 Å². The van der Waals surface area contributed by atoms with Gasteiger partial charge in [0.15, 0.2) is 12.1 Å². The molecule has 10 aromatic rings. The molecule has 0 radical (unpaired) electrons. The fourth-order valence-electron chi connectivity index (χ4n) is 11.6. The number of likely N-dealkylation sites (N-methyl/N-ethyl adjacent to an activating group) is 3. The van der Waals surface area contributed by atoms with Gasteiger partial charge in [0.2, 0.25) is 0 Å². The molecule has 30 heteroatoms. The number of aldehydes is 1. The van der Waals surface area contributed by atoms with Crippen molar-refractivity contribution in [3.63, 3.8) is 0 Å². The first kappa shape index (κ1) is 73.1. The summed E-state index contributed by atoms with van der Waals surface area (Å²) >= 11 is 0. The Morgan fingerprint density at radius 1 is 0.616 bits per heavy atom. The van der Waals surface area contributed by atoms with Crippen molar-refractivity contribution in [3.8, 4) is 11.5 Å². The van der Waals surface area contributed by atoms with Crippen LogP contribution in [-0.2, 0) is 0 Å². The molecule has 7 aromatic heterocycles. The summed E-state index contributed by atoms with van der Waals surface area (Å²) in [4.78, 5) is 82.0. The molecule has 3 aromatic carbocycles. The van der Waals surface area contributed by atoms with Crippen molar-refractivity contribution in [3.05, 3.63) is 158 Å². The van der Waals surface area contributed by atoms with Crippen molar-refractivity contribution in [1.82, 2.24) is 73.8 Å². The first-order valence-electron chi connectivity index (χ1n) is 32.7. The molecule has 4 aliphatic rings. The van der Waals surface area contributed by atoms with Crippen LogP contribution in [0.1, 0.15) is 97.0 Å². The van der Waals surface area contributed by atoms with E-state index in [1.807, 2.05) is 107 Å². The van der Waals surface area contributed by atoms with E-state index in [-0.39, 0.29) is 17.6 Å². The maximum atomic E-state index is 12.9. The van der Waals surface area contributed by atoms with Crippen molar-refractivity contribution in [2.24, 2.45) is 5.73 Å². The Labute approximate surface area is 571 Å². The Morgan fingerprint density at radius 3 is 1.59 bits per heavy atom. The number of benzene rings is 3. The van der Waals surface area contributed by atoms with Crippen molar-refractivity contribution in [1.29, 1.82) is 0 Å². The van der Waals surface area contributed by atoms with Crippen LogP contribution < -0.4 is 42.4 Å². The number of fused-ring (bicyclic) bond motifs is 5. The SMILES string of the molecule is CCCCO.CN1CCN(c2ccc(N)c(C(N)=O)c2)CC1.Cc1cn2nc(-c3nc4ccc(N5CCN(C)CC5)cc4c(=O)[nH]3)cc2c(C)n1.Cc1cn2nc(C3NC(=O)c4cc(N5CCN(C)CC5)ccc4N3)cc2c(C)n1.Cc1cn2nc(C=O)cc2c(C)n1.OCC(F)(F)F. The van der Waals surface area contributed by atoms with E-state index in [0.29, 0.717) is 51.5 Å². The number of unbranched alkanes of at least 4 members (excludes halogenated alkanes) is 1. The lowest BCUT2D eigenvalue weighted by Gasteiger charge is -2.35. The highest BCUT2D eigenvalue weighted by atomic mass is 19.4. The maximum absolute atomic E-state index is 12.9. The highest BCUT2D eigenvalue weighted by molar-refractivity contribution is 6.03. The van der Waals surface area contributed by atoms with Crippen molar-refractivity contribution >= 4 is 74.0 Å². The number of primary amides is 1. The highest BCUT2D eigenvalue weighted by Crippen LogP contribution is 2.32. The number of aliphatic hydroxyl groups is 2. The topological polar surface area (TPSA) is 324 Å². The molecule has 1 unspecified atom stereocenters. The largest absolute Gasteiger partial charge is 0.411 e.